The van der Waals surface area contributed by atoms with Crippen molar-refractivity contribution in [2.45, 2.75) is 13.0 Å². The number of ether oxygens (including phenoxy) is 1. The van der Waals surface area contributed by atoms with Crippen LogP contribution in [-0.2, 0) is 7.05 Å². The van der Waals surface area contributed by atoms with Crippen molar-refractivity contribution in [2.75, 3.05) is 19.4 Å². The summed E-state index contributed by atoms with van der Waals surface area (Å²) in [5.74, 6) is 1.22. The summed E-state index contributed by atoms with van der Waals surface area (Å²) in [5, 5.41) is 5.93. The van der Waals surface area contributed by atoms with Crippen molar-refractivity contribution in [3.05, 3.63) is 59.3 Å². The zero-order chi connectivity index (χ0) is 20.3. The molecule has 1 amide bonds. The maximum Gasteiger partial charge on any atom is 0.254 e. The summed E-state index contributed by atoms with van der Waals surface area (Å²) in [4.78, 5) is 19.5. The minimum absolute atomic E-state index is 0.0685. The number of nitrogen functional groups attached to an aromatic ring is 1. The van der Waals surface area contributed by atoms with Gasteiger partial charge in [0.2, 0.25) is 0 Å². The SMILES string of the molecule is Cc1ccc2c(c1)OC[C@H]2N(C)C(=O)c1ccc2nc(N)c3cnn(C)c3c2c1. The lowest BCUT2D eigenvalue weighted by molar-refractivity contribution is 0.0708. The van der Waals surface area contributed by atoms with E-state index in [-0.39, 0.29) is 11.9 Å². The molecular formula is C22H21N5O2. The molecular weight excluding hydrogens is 366 g/mol. The van der Waals surface area contributed by atoms with Gasteiger partial charge in [0, 0.05) is 30.6 Å². The number of pyridine rings is 1. The van der Waals surface area contributed by atoms with E-state index in [4.69, 9.17) is 10.5 Å². The van der Waals surface area contributed by atoms with E-state index in [2.05, 4.69) is 10.1 Å². The van der Waals surface area contributed by atoms with E-state index >= 15 is 0 Å². The third kappa shape index (κ3) is 2.61. The average molecular weight is 387 g/mol. The van der Waals surface area contributed by atoms with Crippen LogP contribution in [0.3, 0.4) is 0 Å². The Kier molecular flexibility index (Phi) is 3.74. The molecule has 5 rings (SSSR count). The zero-order valence-corrected chi connectivity index (χ0v) is 16.5. The van der Waals surface area contributed by atoms with E-state index in [1.165, 1.54) is 0 Å². The number of likely N-dealkylation sites (N-methyl/N-ethyl adjacent to an activating group) is 1. The number of aryl methyl sites for hydroxylation is 2. The van der Waals surface area contributed by atoms with Gasteiger partial charge in [-0.3, -0.25) is 9.48 Å². The topological polar surface area (TPSA) is 86.3 Å². The molecule has 0 aliphatic carbocycles. The molecule has 2 aromatic heterocycles. The van der Waals surface area contributed by atoms with Crippen molar-refractivity contribution in [3.63, 3.8) is 0 Å². The predicted molar refractivity (Wildman–Crippen MR) is 112 cm³/mol. The normalized spacial score (nSPS) is 15.5. The van der Waals surface area contributed by atoms with Crippen LogP contribution in [0.15, 0.2) is 42.6 Å². The molecule has 1 aliphatic heterocycles. The van der Waals surface area contributed by atoms with E-state index < -0.39 is 0 Å². The van der Waals surface area contributed by atoms with Crippen LogP contribution in [0, 0.1) is 6.92 Å². The van der Waals surface area contributed by atoms with Crippen molar-refractivity contribution in [1.29, 1.82) is 0 Å². The molecule has 0 radical (unpaired) electrons. The van der Waals surface area contributed by atoms with Gasteiger partial charge >= 0.3 is 0 Å². The molecule has 0 fully saturated rings. The summed E-state index contributed by atoms with van der Waals surface area (Å²) in [7, 11) is 3.67. The number of benzene rings is 2. The zero-order valence-electron chi connectivity index (χ0n) is 16.5. The highest BCUT2D eigenvalue weighted by molar-refractivity contribution is 6.10. The number of carbonyl (C=O) groups excluding carboxylic acids is 1. The average Bonchev–Trinajstić information content (AvgIpc) is 3.30. The molecule has 7 heteroatoms. The highest BCUT2D eigenvalue weighted by Gasteiger charge is 2.31. The van der Waals surface area contributed by atoms with Gasteiger partial charge in [0.05, 0.1) is 28.7 Å². The lowest BCUT2D eigenvalue weighted by atomic mass is 10.0. The number of nitrogens with zero attached hydrogens (tertiary/aromatic N) is 4. The number of aromatic nitrogens is 3. The minimum atomic E-state index is -0.116. The molecule has 0 bridgehead atoms. The van der Waals surface area contributed by atoms with Crippen LogP contribution in [0.1, 0.15) is 27.5 Å². The van der Waals surface area contributed by atoms with Gasteiger partial charge in [-0.15, -0.1) is 0 Å². The highest BCUT2D eigenvalue weighted by Crippen LogP contribution is 2.37. The molecule has 0 saturated heterocycles. The molecule has 1 atom stereocenters. The van der Waals surface area contributed by atoms with Gasteiger partial charge in [-0.25, -0.2) is 4.98 Å². The third-order valence-electron chi connectivity index (χ3n) is 5.67. The number of hydrogen-bond acceptors (Lipinski definition) is 5. The Morgan fingerprint density at radius 3 is 2.90 bits per heavy atom. The molecule has 29 heavy (non-hydrogen) atoms. The van der Waals surface area contributed by atoms with Gasteiger partial charge < -0.3 is 15.4 Å². The second-order valence-electron chi connectivity index (χ2n) is 7.54. The summed E-state index contributed by atoms with van der Waals surface area (Å²) in [6.07, 6.45) is 1.70. The van der Waals surface area contributed by atoms with E-state index in [1.54, 1.807) is 21.8 Å². The Morgan fingerprint density at radius 2 is 2.07 bits per heavy atom. The van der Waals surface area contributed by atoms with E-state index in [1.807, 2.05) is 51.4 Å². The second-order valence-corrected chi connectivity index (χ2v) is 7.54. The van der Waals surface area contributed by atoms with E-state index in [9.17, 15) is 4.79 Å². The lowest BCUT2D eigenvalue weighted by Crippen LogP contribution is -2.32. The van der Waals surface area contributed by atoms with Crippen LogP contribution in [-0.4, -0.2) is 39.2 Å². The van der Waals surface area contributed by atoms with Crippen molar-refractivity contribution >= 4 is 33.5 Å². The molecule has 0 unspecified atom stereocenters. The number of hydrogen-bond donors (Lipinski definition) is 1. The number of nitrogens with two attached hydrogens (primary N) is 1. The molecule has 7 nitrogen and oxygen atoms in total. The number of rotatable bonds is 2. The van der Waals surface area contributed by atoms with Gasteiger partial charge in [-0.2, -0.15) is 5.10 Å². The first-order chi connectivity index (χ1) is 13.9. The first-order valence-corrected chi connectivity index (χ1v) is 9.45. The van der Waals surface area contributed by atoms with Crippen LogP contribution in [0.4, 0.5) is 5.82 Å². The molecule has 1 aliphatic rings. The smallest absolute Gasteiger partial charge is 0.254 e. The number of anilines is 1. The van der Waals surface area contributed by atoms with Crippen molar-refractivity contribution < 1.29 is 9.53 Å². The lowest BCUT2D eigenvalue weighted by Gasteiger charge is -2.24. The fraction of sp³-hybridized carbons (Fsp3) is 0.227. The maximum absolute atomic E-state index is 13.3. The Hall–Kier alpha value is -3.61. The van der Waals surface area contributed by atoms with Crippen molar-refractivity contribution in [1.82, 2.24) is 19.7 Å². The summed E-state index contributed by atoms with van der Waals surface area (Å²) < 4.78 is 7.58. The number of fused-ring (bicyclic) bond motifs is 4. The summed E-state index contributed by atoms with van der Waals surface area (Å²) in [6, 6.07) is 11.5. The van der Waals surface area contributed by atoms with Gasteiger partial charge in [0.25, 0.3) is 5.91 Å². The Bertz CT molecular complexity index is 1290. The summed E-state index contributed by atoms with van der Waals surface area (Å²) >= 11 is 0. The van der Waals surface area contributed by atoms with E-state index in [0.717, 1.165) is 38.7 Å². The van der Waals surface area contributed by atoms with Crippen LogP contribution in [0.2, 0.25) is 0 Å². The maximum atomic E-state index is 13.3. The molecule has 0 saturated carbocycles. The number of amides is 1. The van der Waals surface area contributed by atoms with Gasteiger partial charge in [0.15, 0.2) is 0 Å². The van der Waals surface area contributed by atoms with Crippen LogP contribution in [0.5, 0.6) is 5.75 Å². The largest absolute Gasteiger partial charge is 0.491 e. The van der Waals surface area contributed by atoms with Gasteiger partial charge in [0.1, 0.15) is 18.2 Å². The molecule has 4 aromatic rings. The first kappa shape index (κ1) is 17.5. The molecule has 3 heterocycles. The number of carbonyl (C=O) groups is 1. The Morgan fingerprint density at radius 1 is 1.24 bits per heavy atom. The fourth-order valence-electron chi connectivity index (χ4n) is 4.06. The Labute approximate surface area is 167 Å². The summed E-state index contributed by atoms with van der Waals surface area (Å²) in [6.45, 7) is 2.49. The predicted octanol–water partition coefficient (Wildman–Crippen LogP) is 3.22. The third-order valence-corrected chi connectivity index (χ3v) is 5.67. The van der Waals surface area contributed by atoms with Crippen LogP contribution < -0.4 is 10.5 Å². The van der Waals surface area contributed by atoms with Crippen LogP contribution in [0.25, 0.3) is 21.8 Å². The van der Waals surface area contributed by atoms with Crippen molar-refractivity contribution in [3.8, 4) is 5.75 Å². The van der Waals surface area contributed by atoms with Gasteiger partial charge in [-0.1, -0.05) is 12.1 Å². The fourth-order valence-corrected chi connectivity index (χ4v) is 4.06. The second kappa shape index (κ2) is 6.20. The van der Waals surface area contributed by atoms with Gasteiger partial charge in [-0.05, 0) is 36.8 Å². The van der Waals surface area contributed by atoms with Crippen LogP contribution >= 0.6 is 0 Å². The molecule has 2 N–H and O–H groups in total. The minimum Gasteiger partial charge on any atom is -0.491 e. The molecule has 146 valence electrons. The Balaban J connectivity index is 1.56. The highest BCUT2D eigenvalue weighted by atomic mass is 16.5. The van der Waals surface area contributed by atoms with E-state index in [0.29, 0.717) is 18.0 Å². The molecule has 0 spiro atoms. The standard InChI is InChI=1S/C22H21N5O2/c1-12-4-6-14-18(11-29-19(14)8-12)26(2)22(28)13-5-7-17-15(9-13)20-16(21(23)25-17)10-24-27(20)3/h4-10,18H,11H2,1-3H3,(H2,23,25)/t18-/m1/s1. The first-order valence-electron chi connectivity index (χ1n) is 9.45. The quantitative estimate of drug-likeness (QED) is 0.571. The molecule has 2 aromatic carbocycles. The summed E-state index contributed by atoms with van der Waals surface area (Å²) in [5.41, 5.74) is 10.4. The monoisotopic (exact) mass is 387 g/mol. The van der Waals surface area contributed by atoms with Crippen molar-refractivity contribution in [2.24, 2.45) is 7.05 Å².